The quantitative estimate of drug-likeness (QED) is 0.171. The normalized spacial score (nSPS) is 19.6. The van der Waals surface area contributed by atoms with Crippen LogP contribution in [0.5, 0.6) is 0 Å². The van der Waals surface area contributed by atoms with Gasteiger partial charge in [-0.15, -0.1) is 0 Å². The van der Waals surface area contributed by atoms with E-state index in [2.05, 4.69) is 144 Å². The highest BCUT2D eigenvalue weighted by Crippen LogP contribution is 2.55. The number of furan rings is 1. The minimum absolute atomic E-state index is 0.375. The van der Waals surface area contributed by atoms with E-state index in [4.69, 9.17) is 19.4 Å². The molecule has 0 spiro atoms. The summed E-state index contributed by atoms with van der Waals surface area (Å²) in [5, 5.41) is 2.34. The Morgan fingerprint density at radius 2 is 1.20 bits per heavy atom. The standard InChI is InChI=1S/C51H44N4O/c1-4-14-33(15-5-1)37-26-28-41-40-22-10-11-23-43(40)55(45(41)31-37)44-24-13-25-46-48(44)42-29-27-38(32-47(42)56-46)36-20-12-21-39(30-36)51-53-49(34-16-6-2-7-17-34)52-50(54-51)35-18-8-3-9-19-35/h1-2,4-7,10-17,20-25,27,29-30,32,35,37,41,45H,3,8-9,18-19,26,28,31H2. The van der Waals surface area contributed by atoms with Crippen LogP contribution in [-0.4, -0.2) is 21.0 Å². The van der Waals surface area contributed by atoms with Crippen molar-refractivity contribution in [1.29, 1.82) is 0 Å². The molecule has 6 aromatic carbocycles. The third kappa shape index (κ3) is 5.80. The first-order chi connectivity index (χ1) is 27.7. The van der Waals surface area contributed by atoms with Crippen LogP contribution in [0.25, 0.3) is 55.8 Å². The molecule has 2 saturated carbocycles. The number of hydrogen-bond donors (Lipinski definition) is 0. The molecule has 5 heteroatoms. The van der Waals surface area contributed by atoms with Crippen LogP contribution in [0, 0.1) is 0 Å². The number of anilines is 2. The van der Waals surface area contributed by atoms with E-state index in [9.17, 15) is 0 Å². The van der Waals surface area contributed by atoms with Crippen molar-refractivity contribution in [2.24, 2.45) is 0 Å². The van der Waals surface area contributed by atoms with Crippen molar-refractivity contribution in [3.05, 3.63) is 163 Å². The molecule has 11 rings (SSSR count). The van der Waals surface area contributed by atoms with Gasteiger partial charge in [0.15, 0.2) is 11.6 Å². The smallest absolute Gasteiger partial charge is 0.163 e. The average Bonchev–Trinajstić information content (AvgIpc) is 3.82. The number of hydrogen-bond acceptors (Lipinski definition) is 5. The second kappa shape index (κ2) is 13.9. The van der Waals surface area contributed by atoms with Gasteiger partial charge in [0.2, 0.25) is 0 Å². The van der Waals surface area contributed by atoms with E-state index in [-0.39, 0.29) is 0 Å². The van der Waals surface area contributed by atoms with E-state index >= 15 is 0 Å². The van der Waals surface area contributed by atoms with Crippen LogP contribution in [-0.2, 0) is 0 Å². The molecule has 3 atom stereocenters. The SMILES string of the molecule is c1ccc(-c2nc(-c3cccc(-c4ccc5c(c4)oc4cccc(N6c7ccccc7C7CCC(c8ccccc8)CC76)c45)c3)nc(C3CCCCC3)n2)cc1. The third-order valence-corrected chi connectivity index (χ3v) is 12.9. The second-order valence-corrected chi connectivity index (χ2v) is 16.1. The Kier molecular flexibility index (Phi) is 8.26. The molecule has 274 valence electrons. The van der Waals surface area contributed by atoms with Crippen LogP contribution < -0.4 is 4.90 Å². The number of rotatable bonds is 6. The molecule has 0 N–H and O–H groups in total. The van der Waals surface area contributed by atoms with Crippen molar-refractivity contribution in [3.63, 3.8) is 0 Å². The Labute approximate surface area is 328 Å². The molecule has 2 aliphatic carbocycles. The fourth-order valence-electron chi connectivity index (χ4n) is 10.1. The molecule has 2 aromatic heterocycles. The maximum Gasteiger partial charge on any atom is 0.163 e. The lowest BCUT2D eigenvalue weighted by Crippen LogP contribution is -2.35. The average molecular weight is 729 g/mol. The van der Waals surface area contributed by atoms with Gasteiger partial charge in [-0.1, -0.05) is 128 Å². The summed E-state index contributed by atoms with van der Waals surface area (Å²) in [6.07, 6.45) is 9.58. The van der Waals surface area contributed by atoms with Crippen LogP contribution in [0.1, 0.15) is 86.1 Å². The van der Waals surface area contributed by atoms with Gasteiger partial charge in [0.05, 0.1) is 11.1 Å². The highest BCUT2D eigenvalue weighted by atomic mass is 16.3. The molecule has 0 radical (unpaired) electrons. The van der Waals surface area contributed by atoms with E-state index in [1.807, 2.05) is 6.07 Å². The Balaban J connectivity index is 0.973. The lowest BCUT2D eigenvalue weighted by atomic mass is 9.74. The Hall–Kier alpha value is -6.07. The zero-order valence-corrected chi connectivity index (χ0v) is 31.5. The summed E-state index contributed by atoms with van der Waals surface area (Å²) >= 11 is 0. The van der Waals surface area contributed by atoms with Crippen molar-refractivity contribution in [2.45, 2.75) is 75.2 Å². The minimum Gasteiger partial charge on any atom is -0.456 e. The second-order valence-electron chi connectivity index (χ2n) is 16.1. The molecule has 5 nitrogen and oxygen atoms in total. The molecule has 3 unspecified atom stereocenters. The Morgan fingerprint density at radius 3 is 2.05 bits per heavy atom. The van der Waals surface area contributed by atoms with Crippen molar-refractivity contribution in [1.82, 2.24) is 15.0 Å². The number of benzene rings is 6. The lowest BCUT2D eigenvalue weighted by Gasteiger charge is -2.38. The maximum absolute atomic E-state index is 6.73. The predicted molar refractivity (Wildman–Crippen MR) is 227 cm³/mol. The zero-order valence-electron chi connectivity index (χ0n) is 31.5. The van der Waals surface area contributed by atoms with Crippen LogP contribution in [0.3, 0.4) is 0 Å². The summed E-state index contributed by atoms with van der Waals surface area (Å²) in [4.78, 5) is 17.9. The van der Waals surface area contributed by atoms with Crippen molar-refractivity contribution in [3.8, 4) is 33.9 Å². The van der Waals surface area contributed by atoms with E-state index in [0.717, 1.165) is 75.5 Å². The van der Waals surface area contributed by atoms with Crippen LogP contribution in [0.2, 0.25) is 0 Å². The van der Waals surface area contributed by atoms with Gasteiger partial charge in [-0.25, -0.2) is 15.0 Å². The van der Waals surface area contributed by atoms with Gasteiger partial charge in [-0.3, -0.25) is 0 Å². The van der Waals surface area contributed by atoms with E-state index in [1.54, 1.807) is 0 Å². The summed E-state index contributed by atoms with van der Waals surface area (Å²) in [7, 11) is 0. The number of fused-ring (bicyclic) bond motifs is 6. The minimum atomic E-state index is 0.375. The fourth-order valence-corrected chi connectivity index (χ4v) is 10.1. The van der Waals surface area contributed by atoms with Crippen molar-refractivity contribution >= 4 is 33.3 Å². The summed E-state index contributed by atoms with van der Waals surface area (Å²) in [6, 6.07) is 52.9. The molecule has 56 heavy (non-hydrogen) atoms. The first-order valence-electron chi connectivity index (χ1n) is 20.6. The molecule has 3 aliphatic rings. The van der Waals surface area contributed by atoms with Crippen LogP contribution >= 0.6 is 0 Å². The van der Waals surface area contributed by atoms with Gasteiger partial charge in [0, 0.05) is 40.1 Å². The summed E-state index contributed by atoms with van der Waals surface area (Å²) in [5.74, 6) is 3.85. The maximum atomic E-state index is 6.73. The summed E-state index contributed by atoms with van der Waals surface area (Å²) in [6.45, 7) is 0. The number of nitrogens with zero attached hydrogens (tertiary/aromatic N) is 4. The lowest BCUT2D eigenvalue weighted by molar-refractivity contribution is 0.361. The highest BCUT2D eigenvalue weighted by molar-refractivity contribution is 6.13. The summed E-state index contributed by atoms with van der Waals surface area (Å²) in [5.41, 5.74) is 11.6. The Bertz CT molecular complexity index is 2700. The molecule has 0 saturated heterocycles. The molecule has 8 aromatic rings. The molecule has 0 amide bonds. The number of para-hydroxylation sites is 1. The van der Waals surface area contributed by atoms with Crippen molar-refractivity contribution < 1.29 is 4.42 Å². The zero-order chi connectivity index (χ0) is 37.0. The molecule has 1 aliphatic heterocycles. The van der Waals surface area contributed by atoms with E-state index < -0.39 is 0 Å². The molecule has 0 bridgehead atoms. The van der Waals surface area contributed by atoms with Gasteiger partial charge in [0.25, 0.3) is 0 Å². The molecular weight excluding hydrogens is 685 g/mol. The fraction of sp³-hybridized carbons (Fsp3) is 0.235. The van der Waals surface area contributed by atoms with Gasteiger partial charge in [0.1, 0.15) is 17.0 Å². The molecular formula is C51H44N4O. The predicted octanol–water partition coefficient (Wildman–Crippen LogP) is 13.4. The van der Waals surface area contributed by atoms with Gasteiger partial charge >= 0.3 is 0 Å². The molecule has 2 fully saturated rings. The molecule has 3 heterocycles. The number of aromatic nitrogens is 3. The van der Waals surface area contributed by atoms with Crippen LogP contribution in [0.4, 0.5) is 11.4 Å². The first-order valence-corrected chi connectivity index (χ1v) is 20.6. The topological polar surface area (TPSA) is 55.1 Å². The first kappa shape index (κ1) is 33.3. The van der Waals surface area contributed by atoms with E-state index in [1.165, 1.54) is 60.0 Å². The largest absolute Gasteiger partial charge is 0.456 e. The van der Waals surface area contributed by atoms with Gasteiger partial charge in [-0.05, 0) is 96.7 Å². The third-order valence-electron chi connectivity index (χ3n) is 12.9. The van der Waals surface area contributed by atoms with Gasteiger partial charge < -0.3 is 9.32 Å². The highest BCUT2D eigenvalue weighted by Gasteiger charge is 2.43. The monoisotopic (exact) mass is 728 g/mol. The summed E-state index contributed by atoms with van der Waals surface area (Å²) < 4.78 is 6.73. The van der Waals surface area contributed by atoms with E-state index in [0.29, 0.717) is 23.8 Å². The van der Waals surface area contributed by atoms with Crippen LogP contribution in [0.15, 0.2) is 150 Å². The Morgan fingerprint density at radius 1 is 0.500 bits per heavy atom. The van der Waals surface area contributed by atoms with Gasteiger partial charge in [-0.2, -0.15) is 0 Å². The van der Waals surface area contributed by atoms with Crippen molar-refractivity contribution in [2.75, 3.05) is 4.90 Å².